The maximum Gasteiger partial charge on any atom is 0.134 e. The van der Waals surface area contributed by atoms with Crippen molar-refractivity contribution in [3.05, 3.63) is 23.9 Å². The molecule has 1 aliphatic heterocycles. The number of aromatic nitrogens is 1. The molecule has 0 saturated carbocycles. The van der Waals surface area contributed by atoms with Gasteiger partial charge in [0.15, 0.2) is 0 Å². The van der Waals surface area contributed by atoms with E-state index in [4.69, 9.17) is 0 Å². The monoisotopic (exact) mass is 235 g/mol. The number of rotatable bonds is 3. The van der Waals surface area contributed by atoms with Gasteiger partial charge in [0.2, 0.25) is 0 Å². The zero-order valence-corrected chi connectivity index (χ0v) is 10.6. The fourth-order valence-corrected chi connectivity index (χ4v) is 2.41. The molecular formula is C13H21N3O. The van der Waals surface area contributed by atoms with Gasteiger partial charge in [0.05, 0.1) is 6.61 Å². The standard InChI is InChI=1S/C13H21N3O/c1-15(2)12-6-4-8-16(9-12)13-11(10-17)5-3-7-14-13/h3,5,7,12,17H,4,6,8-10H2,1-2H3. The molecule has 1 aromatic heterocycles. The van der Waals surface area contributed by atoms with E-state index in [0.717, 1.165) is 24.5 Å². The summed E-state index contributed by atoms with van der Waals surface area (Å²) in [5, 5.41) is 9.35. The molecule has 1 aliphatic rings. The fraction of sp³-hybridized carbons (Fsp3) is 0.615. The van der Waals surface area contributed by atoms with Crippen LogP contribution in [0.4, 0.5) is 5.82 Å². The van der Waals surface area contributed by atoms with Gasteiger partial charge in [0.1, 0.15) is 5.82 Å². The van der Waals surface area contributed by atoms with Crippen molar-refractivity contribution < 1.29 is 5.11 Å². The summed E-state index contributed by atoms with van der Waals surface area (Å²) < 4.78 is 0. The number of anilines is 1. The Morgan fingerprint density at radius 1 is 1.53 bits per heavy atom. The Hall–Kier alpha value is -1.13. The van der Waals surface area contributed by atoms with Crippen LogP contribution in [0.15, 0.2) is 18.3 Å². The molecule has 1 saturated heterocycles. The average Bonchev–Trinajstić information content (AvgIpc) is 2.39. The van der Waals surface area contributed by atoms with Crippen molar-refractivity contribution in [3.8, 4) is 0 Å². The van der Waals surface area contributed by atoms with Gasteiger partial charge in [-0.2, -0.15) is 0 Å². The molecule has 1 atom stereocenters. The number of hydrogen-bond acceptors (Lipinski definition) is 4. The Kier molecular flexibility index (Phi) is 3.97. The summed E-state index contributed by atoms with van der Waals surface area (Å²) in [6, 6.07) is 4.40. The van der Waals surface area contributed by atoms with Gasteiger partial charge in [-0.1, -0.05) is 6.07 Å². The molecule has 0 radical (unpaired) electrons. The van der Waals surface area contributed by atoms with Crippen LogP contribution >= 0.6 is 0 Å². The number of nitrogens with zero attached hydrogens (tertiary/aromatic N) is 3. The van der Waals surface area contributed by atoms with Crippen LogP contribution in [0.25, 0.3) is 0 Å². The first-order valence-electron chi connectivity index (χ1n) is 6.18. The second-order valence-corrected chi connectivity index (χ2v) is 4.85. The van der Waals surface area contributed by atoms with Crippen molar-refractivity contribution in [2.24, 2.45) is 0 Å². The topological polar surface area (TPSA) is 39.6 Å². The van der Waals surface area contributed by atoms with Crippen molar-refractivity contribution in [3.63, 3.8) is 0 Å². The largest absolute Gasteiger partial charge is 0.392 e. The molecule has 0 amide bonds. The maximum absolute atomic E-state index is 9.35. The third-order valence-corrected chi connectivity index (χ3v) is 3.46. The van der Waals surface area contributed by atoms with Gasteiger partial charge in [-0.15, -0.1) is 0 Å². The summed E-state index contributed by atoms with van der Waals surface area (Å²) in [6.45, 7) is 2.09. The summed E-state index contributed by atoms with van der Waals surface area (Å²) in [4.78, 5) is 8.98. The minimum atomic E-state index is 0.0618. The molecule has 0 aromatic carbocycles. The van der Waals surface area contributed by atoms with Gasteiger partial charge >= 0.3 is 0 Å². The van der Waals surface area contributed by atoms with E-state index in [1.165, 1.54) is 12.8 Å². The van der Waals surface area contributed by atoms with Crippen molar-refractivity contribution in [2.75, 3.05) is 32.1 Å². The predicted molar refractivity (Wildman–Crippen MR) is 69.1 cm³/mol. The highest BCUT2D eigenvalue weighted by Gasteiger charge is 2.23. The summed E-state index contributed by atoms with van der Waals surface area (Å²) in [5.74, 6) is 0.946. The molecule has 1 fully saturated rings. The lowest BCUT2D eigenvalue weighted by Gasteiger charge is -2.37. The second-order valence-electron chi connectivity index (χ2n) is 4.85. The van der Waals surface area contributed by atoms with E-state index >= 15 is 0 Å². The van der Waals surface area contributed by atoms with Crippen molar-refractivity contribution >= 4 is 5.82 Å². The van der Waals surface area contributed by atoms with Gasteiger partial charge in [-0.3, -0.25) is 0 Å². The van der Waals surface area contributed by atoms with Gasteiger partial charge in [0.25, 0.3) is 0 Å². The van der Waals surface area contributed by atoms with Crippen LogP contribution in [0, 0.1) is 0 Å². The quantitative estimate of drug-likeness (QED) is 0.852. The lowest BCUT2D eigenvalue weighted by atomic mass is 10.0. The van der Waals surface area contributed by atoms with Crippen LogP contribution in [0.2, 0.25) is 0 Å². The molecular weight excluding hydrogens is 214 g/mol. The summed E-state index contributed by atoms with van der Waals surface area (Å²) in [5.41, 5.74) is 0.923. The minimum Gasteiger partial charge on any atom is -0.392 e. The molecule has 1 aromatic rings. The number of hydrogen-bond donors (Lipinski definition) is 1. The second kappa shape index (κ2) is 5.47. The Balaban J connectivity index is 2.16. The van der Waals surface area contributed by atoms with E-state index in [1.807, 2.05) is 12.1 Å². The zero-order chi connectivity index (χ0) is 12.3. The first kappa shape index (κ1) is 12.3. The van der Waals surface area contributed by atoms with Crippen LogP contribution in [0.3, 0.4) is 0 Å². The van der Waals surface area contributed by atoms with Crippen molar-refractivity contribution in [1.82, 2.24) is 9.88 Å². The van der Waals surface area contributed by atoms with E-state index in [0.29, 0.717) is 6.04 Å². The van der Waals surface area contributed by atoms with E-state index in [2.05, 4.69) is 28.9 Å². The molecule has 2 rings (SSSR count). The first-order chi connectivity index (χ1) is 8.22. The number of aliphatic hydroxyl groups is 1. The predicted octanol–water partition coefficient (Wildman–Crippen LogP) is 1.10. The molecule has 94 valence electrons. The zero-order valence-electron chi connectivity index (χ0n) is 10.6. The lowest BCUT2D eigenvalue weighted by molar-refractivity contribution is 0.255. The smallest absolute Gasteiger partial charge is 0.134 e. The third-order valence-electron chi connectivity index (χ3n) is 3.46. The lowest BCUT2D eigenvalue weighted by Crippen LogP contribution is -2.45. The van der Waals surface area contributed by atoms with E-state index < -0.39 is 0 Å². The maximum atomic E-state index is 9.35. The SMILES string of the molecule is CN(C)C1CCCN(c2ncccc2CO)C1. The van der Waals surface area contributed by atoms with Gasteiger partial charge < -0.3 is 14.9 Å². The fourth-order valence-electron chi connectivity index (χ4n) is 2.41. The summed E-state index contributed by atoms with van der Waals surface area (Å²) in [7, 11) is 4.25. The van der Waals surface area contributed by atoms with Crippen LogP contribution in [0.1, 0.15) is 18.4 Å². The van der Waals surface area contributed by atoms with Crippen molar-refractivity contribution in [2.45, 2.75) is 25.5 Å². The Bertz CT molecular complexity index is 367. The molecule has 4 nitrogen and oxygen atoms in total. The Labute approximate surface area is 103 Å². The van der Waals surface area contributed by atoms with Crippen LogP contribution in [-0.4, -0.2) is 48.2 Å². The van der Waals surface area contributed by atoms with Crippen LogP contribution in [-0.2, 0) is 6.61 Å². The highest BCUT2D eigenvalue weighted by molar-refractivity contribution is 5.46. The molecule has 1 unspecified atom stereocenters. The highest BCUT2D eigenvalue weighted by Crippen LogP contribution is 2.22. The molecule has 2 heterocycles. The van der Waals surface area contributed by atoms with Crippen LogP contribution < -0.4 is 4.90 Å². The Morgan fingerprint density at radius 2 is 2.35 bits per heavy atom. The Morgan fingerprint density at radius 3 is 3.06 bits per heavy atom. The number of likely N-dealkylation sites (N-methyl/N-ethyl adjacent to an activating group) is 1. The first-order valence-corrected chi connectivity index (χ1v) is 6.18. The molecule has 1 N–H and O–H groups in total. The molecule has 4 heteroatoms. The highest BCUT2D eigenvalue weighted by atomic mass is 16.3. The third kappa shape index (κ3) is 2.76. The minimum absolute atomic E-state index is 0.0618. The normalized spacial score (nSPS) is 20.9. The van der Waals surface area contributed by atoms with Gasteiger partial charge in [-0.05, 0) is 33.0 Å². The van der Waals surface area contributed by atoms with Crippen LogP contribution in [0.5, 0.6) is 0 Å². The molecule has 17 heavy (non-hydrogen) atoms. The van der Waals surface area contributed by atoms with Gasteiger partial charge in [-0.25, -0.2) is 4.98 Å². The van der Waals surface area contributed by atoms with E-state index in [1.54, 1.807) is 6.20 Å². The number of aliphatic hydroxyl groups excluding tert-OH is 1. The van der Waals surface area contributed by atoms with E-state index in [9.17, 15) is 5.11 Å². The average molecular weight is 235 g/mol. The molecule has 0 spiro atoms. The summed E-state index contributed by atoms with van der Waals surface area (Å²) in [6.07, 6.45) is 4.23. The van der Waals surface area contributed by atoms with Gasteiger partial charge in [0, 0.05) is 30.9 Å². The van der Waals surface area contributed by atoms with Crippen molar-refractivity contribution in [1.29, 1.82) is 0 Å². The summed E-state index contributed by atoms with van der Waals surface area (Å²) >= 11 is 0. The molecule has 0 aliphatic carbocycles. The number of piperidine rings is 1. The van der Waals surface area contributed by atoms with E-state index in [-0.39, 0.29) is 6.61 Å². The number of pyridine rings is 1. The molecule has 0 bridgehead atoms.